The predicted molar refractivity (Wildman–Crippen MR) is 88.7 cm³/mol. The van der Waals surface area contributed by atoms with Gasteiger partial charge in [-0.05, 0) is 48.9 Å². The van der Waals surface area contributed by atoms with Gasteiger partial charge in [-0.15, -0.1) is 0 Å². The van der Waals surface area contributed by atoms with Crippen LogP contribution in [-0.4, -0.2) is 40.2 Å². The molecule has 2 N–H and O–H groups in total. The largest absolute Gasteiger partial charge is 0.481 e. The van der Waals surface area contributed by atoms with Crippen molar-refractivity contribution in [2.24, 2.45) is 5.92 Å². The molecular weight excluding hydrogens is 306 g/mol. The van der Waals surface area contributed by atoms with Crippen LogP contribution in [0, 0.1) is 5.92 Å². The molecular formula is C18H21N3O3. The first-order valence-electron chi connectivity index (χ1n) is 8.03. The third-order valence-electron chi connectivity index (χ3n) is 4.45. The SMILES string of the molecule is COc1cc(C(=O)N[C@@H](Cc2ccncc2)C2CC(O)C2)ccn1. The number of nitrogens with one attached hydrogen (secondary N) is 1. The highest BCUT2D eigenvalue weighted by Gasteiger charge is 2.34. The van der Waals surface area contributed by atoms with Crippen LogP contribution < -0.4 is 10.1 Å². The summed E-state index contributed by atoms with van der Waals surface area (Å²) >= 11 is 0. The third kappa shape index (κ3) is 3.89. The Labute approximate surface area is 140 Å². The molecule has 3 rings (SSSR count). The van der Waals surface area contributed by atoms with E-state index in [4.69, 9.17) is 4.74 Å². The summed E-state index contributed by atoms with van der Waals surface area (Å²) in [5, 5.41) is 12.7. The fourth-order valence-electron chi connectivity index (χ4n) is 2.98. The summed E-state index contributed by atoms with van der Waals surface area (Å²) in [7, 11) is 1.52. The number of aliphatic hydroxyl groups is 1. The molecule has 126 valence electrons. The monoisotopic (exact) mass is 327 g/mol. The molecule has 1 amide bonds. The number of pyridine rings is 2. The first kappa shape index (κ1) is 16.4. The van der Waals surface area contributed by atoms with Gasteiger partial charge >= 0.3 is 0 Å². The summed E-state index contributed by atoms with van der Waals surface area (Å²) in [5.41, 5.74) is 1.63. The minimum atomic E-state index is -0.257. The van der Waals surface area contributed by atoms with E-state index < -0.39 is 0 Å². The Hall–Kier alpha value is -2.47. The summed E-state index contributed by atoms with van der Waals surface area (Å²) in [6, 6.07) is 7.15. The molecule has 0 unspecified atom stereocenters. The fourth-order valence-corrected chi connectivity index (χ4v) is 2.98. The maximum Gasteiger partial charge on any atom is 0.251 e. The maximum absolute atomic E-state index is 12.6. The number of rotatable bonds is 6. The number of carbonyl (C=O) groups is 1. The van der Waals surface area contributed by atoms with Crippen LogP contribution in [0.15, 0.2) is 42.9 Å². The van der Waals surface area contributed by atoms with Gasteiger partial charge in [0.1, 0.15) is 0 Å². The molecule has 2 aromatic rings. The van der Waals surface area contributed by atoms with Crippen molar-refractivity contribution in [2.75, 3.05) is 7.11 Å². The van der Waals surface area contributed by atoms with Crippen molar-refractivity contribution in [1.29, 1.82) is 0 Å². The van der Waals surface area contributed by atoms with E-state index in [0.29, 0.717) is 17.9 Å². The van der Waals surface area contributed by atoms with Crippen molar-refractivity contribution in [1.82, 2.24) is 15.3 Å². The Bertz CT molecular complexity index is 687. The summed E-state index contributed by atoms with van der Waals surface area (Å²) < 4.78 is 5.07. The van der Waals surface area contributed by atoms with Gasteiger partial charge in [-0.25, -0.2) is 4.98 Å². The molecule has 1 fully saturated rings. The van der Waals surface area contributed by atoms with E-state index in [0.717, 1.165) is 18.4 Å². The molecule has 24 heavy (non-hydrogen) atoms. The van der Waals surface area contributed by atoms with E-state index in [-0.39, 0.29) is 24.0 Å². The van der Waals surface area contributed by atoms with Crippen LogP contribution in [0.25, 0.3) is 0 Å². The minimum absolute atomic E-state index is 0.0255. The molecule has 0 bridgehead atoms. The number of aromatic nitrogens is 2. The number of methoxy groups -OCH3 is 1. The highest BCUT2D eigenvalue weighted by atomic mass is 16.5. The van der Waals surface area contributed by atoms with E-state index >= 15 is 0 Å². The number of carbonyl (C=O) groups excluding carboxylic acids is 1. The first-order valence-corrected chi connectivity index (χ1v) is 8.03. The molecule has 0 spiro atoms. The fraction of sp³-hybridized carbons (Fsp3) is 0.389. The van der Waals surface area contributed by atoms with Crippen LogP contribution in [0.4, 0.5) is 0 Å². The van der Waals surface area contributed by atoms with E-state index in [9.17, 15) is 9.90 Å². The van der Waals surface area contributed by atoms with Crippen molar-refractivity contribution in [3.05, 3.63) is 54.0 Å². The molecule has 0 saturated heterocycles. The summed E-state index contributed by atoms with van der Waals surface area (Å²) in [6.45, 7) is 0. The zero-order valence-corrected chi connectivity index (χ0v) is 13.6. The summed E-state index contributed by atoms with van der Waals surface area (Å²) in [4.78, 5) is 20.6. The lowest BCUT2D eigenvalue weighted by Gasteiger charge is -2.38. The Morgan fingerprint density at radius 2 is 2.08 bits per heavy atom. The van der Waals surface area contributed by atoms with E-state index in [2.05, 4.69) is 15.3 Å². The van der Waals surface area contributed by atoms with Crippen molar-refractivity contribution in [3.8, 4) is 5.88 Å². The second-order valence-corrected chi connectivity index (χ2v) is 6.11. The van der Waals surface area contributed by atoms with E-state index in [1.165, 1.54) is 7.11 Å². The first-order chi connectivity index (χ1) is 11.7. The molecule has 1 saturated carbocycles. The van der Waals surface area contributed by atoms with Crippen molar-refractivity contribution >= 4 is 5.91 Å². The standard InChI is InChI=1S/C18H21N3O3/c1-24-17-11-13(4-7-20-17)18(23)21-16(14-9-15(22)10-14)8-12-2-5-19-6-3-12/h2-7,11,14-16,22H,8-10H2,1H3,(H,21,23)/t14?,15?,16-/m0/s1. The van der Waals surface area contributed by atoms with Crippen molar-refractivity contribution in [2.45, 2.75) is 31.4 Å². The Morgan fingerprint density at radius 3 is 2.75 bits per heavy atom. The van der Waals surface area contributed by atoms with Gasteiger partial charge in [0, 0.05) is 36.3 Å². The molecule has 0 aliphatic heterocycles. The van der Waals surface area contributed by atoms with Crippen LogP contribution in [0.5, 0.6) is 5.88 Å². The van der Waals surface area contributed by atoms with Gasteiger partial charge in [0.25, 0.3) is 5.91 Å². The lowest BCUT2D eigenvalue weighted by atomic mass is 9.75. The number of amides is 1. The Kier molecular flexibility index (Phi) is 5.05. The number of hydrogen-bond donors (Lipinski definition) is 2. The second-order valence-electron chi connectivity index (χ2n) is 6.11. The molecule has 0 radical (unpaired) electrons. The van der Waals surface area contributed by atoms with Crippen molar-refractivity contribution in [3.63, 3.8) is 0 Å². The number of nitrogens with zero attached hydrogens (tertiary/aromatic N) is 2. The zero-order valence-electron chi connectivity index (χ0n) is 13.6. The average Bonchev–Trinajstić information content (AvgIpc) is 2.59. The van der Waals surface area contributed by atoms with Crippen LogP contribution in [0.2, 0.25) is 0 Å². The zero-order chi connectivity index (χ0) is 16.9. The number of aliphatic hydroxyl groups excluding tert-OH is 1. The molecule has 1 aliphatic carbocycles. The van der Waals surface area contributed by atoms with Gasteiger partial charge in [0.05, 0.1) is 13.2 Å². The van der Waals surface area contributed by atoms with Gasteiger partial charge in [0.2, 0.25) is 5.88 Å². The van der Waals surface area contributed by atoms with Crippen LogP contribution in [-0.2, 0) is 6.42 Å². The second kappa shape index (κ2) is 7.40. The molecule has 2 heterocycles. The quantitative estimate of drug-likeness (QED) is 0.842. The average molecular weight is 327 g/mol. The molecule has 6 nitrogen and oxygen atoms in total. The predicted octanol–water partition coefficient (Wildman–Crippen LogP) is 1.60. The molecule has 1 aliphatic rings. The lowest BCUT2D eigenvalue weighted by molar-refractivity contribution is 0.0239. The normalized spacial score (nSPS) is 20.8. The molecule has 2 aromatic heterocycles. The van der Waals surface area contributed by atoms with Gasteiger partial charge in [-0.3, -0.25) is 9.78 Å². The van der Waals surface area contributed by atoms with Crippen molar-refractivity contribution < 1.29 is 14.6 Å². The van der Waals surface area contributed by atoms with Gasteiger partial charge in [-0.1, -0.05) is 0 Å². The number of hydrogen-bond acceptors (Lipinski definition) is 5. The Balaban J connectivity index is 1.72. The molecule has 6 heteroatoms. The highest BCUT2D eigenvalue weighted by molar-refractivity contribution is 5.94. The molecule has 0 aromatic carbocycles. The van der Waals surface area contributed by atoms with Crippen LogP contribution in [0.1, 0.15) is 28.8 Å². The lowest BCUT2D eigenvalue weighted by Crippen LogP contribution is -2.48. The van der Waals surface area contributed by atoms with Crippen LogP contribution in [0.3, 0.4) is 0 Å². The van der Waals surface area contributed by atoms with E-state index in [1.54, 1.807) is 30.7 Å². The topological polar surface area (TPSA) is 84.3 Å². The van der Waals surface area contributed by atoms with Crippen LogP contribution >= 0.6 is 0 Å². The highest BCUT2D eigenvalue weighted by Crippen LogP contribution is 2.32. The minimum Gasteiger partial charge on any atom is -0.481 e. The smallest absolute Gasteiger partial charge is 0.251 e. The number of ether oxygens (including phenoxy) is 1. The van der Waals surface area contributed by atoms with Gasteiger partial charge < -0.3 is 15.2 Å². The van der Waals surface area contributed by atoms with E-state index in [1.807, 2.05) is 12.1 Å². The summed E-state index contributed by atoms with van der Waals surface area (Å²) in [5.74, 6) is 0.532. The maximum atomic E-state index is 12.6. The summed E-state index contributed by atoms with van der Waals surface area (Å²) in [6.07, 6.45) is 6.94. The van der Waals surface area contributed by atoms with Gasteiger partial charge in [-0.2, -0.15) is 0 Å². The Morgan fingerprint density at radius 1 is 1.33 bits per heavy atom. The van der Waals surface area contributed by atoms with Gasteiger partial charge in [0.15, 0.2) is 0 Å². The molecule has 1 atom stereocenters. The third-order valence-corrected chi connectivity index (χ3v) is 4.45.